The number of carbonyl (C=O) groups is 3. The molecule has 0 bridgehead atoms. The van der Waals surface area contributed by atoms with Crippen molar-refractivity contribution in [1.82, 2.24) is 15.1 Å². The van der Waals surface area contributed by atoms with E-state index in [0.717, 1.165) is 11.3 Å². The molecule has 1 unspecified atom stereocenters. The summed E-state index contributed by atoms with van der Waals surface area (Å²) in [6.07, 6.45) is 0.872. The van der Waals surface area contributed by atoms with E-state index >= 15 is 0 Å². The lowest BCUT2D eigenvalue weighted by Gasteiger charge is -2.43. The Morgan fingerprint density at radius 2 is 1.59 bits per heavy atom. The predicted octanol–water partition coefficient (Wildman–Crippen LogP) is 3.34. The van der Waals surface area contributed by atoms with Crippen LogP contribution in [0.5, 0.6) is 0 Å². The summed E-state index contributed by atoms with van der Waals surface area (Å²) < 4.78 is 0. The highest BCUT2D eigenvalue weighted by Gasteiger charge is 2.54. The van der Waals surface area contributed by atoms with Crippen LogP contribution in [-0.4, -0.2) is 64.2 Å². The summed E-state index contributed by atoms with van der Waals surface area (Å²) >= 11 is 11.6. The Morgan fingerprint density at radius 1 is 1.00 bits per heavy atom. The smallest absolute Gasteiger partial charge is 0.255 e. The minimum absolute atomic E-state index is 0.0326. The number of nitrogens with zero attached hydrogens (tertiary/aromatic N) is 3. The van der Waals surface area contributed by atoms with Gasteiger partial charge in [0.2, 0.25) is 5.91 Å². The molecule has 0 radical (unpaired) electrons. The van der Waals surface area contributed by atoms with Crippen LogP contribution in [0.2, 0.25) is 0 Å². The fourth-order valence-electron chi connectivity index (χ4n) is 4.84. The van der Waals surface area contributed by atoms with E-state index in [9.17, 15) is 14.4 Å². The van der Waals surface area contributed by atoms with E-state index in [1.165, 1.54) is 0 Å². The van der Waals surface area contributed by atoms with Crippen molar-refractivity contribution < 1.29 is 14.4 Å². The Kier molecular flexibility index (Phi) is 7.33. The van der Waals surface area contributed by atoms with Crippen LogP contribution in [-0.2, 0) is 14.4 Å². The molecule has 3 amide bonds. The molecule has 7 nitrogen and oxygen atoms in total. The molecule has 2 aromatic rings. The summed E-state index contributed by atoms with van der Waals surface area (Å²) in [5.41, 5.74) is 1.08. The van der Waals surface area contributed by atoms with Gasteiger partial charge in [-0.05, 0) is 37.5 Å². The number of halogens is 2. The van der Waals surface area contributed by atoms with Crippen LogP contribution in [0.1, 0.15) is 31.4 Å². The standard InChI is InChI=1S/C25H28Cl2N4O3/c1-18(19-8-4-2-5-9-19)28-21(32)16-30-17-31(20-10-6-3-7-11-20)25(24(30)34)12-14-29(15-13-25)23(33)22(26)27/h2-11,18,22H,12-17H2,1H3,(H,28,32). The maximum Gasteiger partial charge on any atom is 0.255 e. The molecule has 1 spiro atoms. The first kappa shape index (κ1) is 24.4. The van der Waals surface area contributed by atoms with Crippen molar-refractivity contribution in [3.8, 4) is 0 Å². The molecule has 180 valence electrons. The molecule has 2 aromatic carbocycles. The van der Waals surface area contributed by atoms with Gasteiger partial charge in [0.25, 0.3) is 11.8 Å². The first-order chi connectivity index (χ1) is 16.3. The lowest BCUT2D eigenvalue weighted by Crippen LogP contribution is -2.58. The molecule has 0 saturated carbocycles. The third-order valence-electron chi connectivity index (χ3n) is 6.68. The van der Waals surface area contributed by atoms with E-state index in [1.54, 1.807) is 9.80 Å². The minimum Gasteiger partial charge on any atom is -0.348 e. The van der Waals surface area contributed by atoms with Gasteiger partial charge in [0.1, 0.15) is 12.1 Å². The van der Waals surface area contributed by atoms with Crippen molar-refractivity contribution in [2.24, 2.45) is 0 Å². The average Bonchev–Trinajstić information content (AvgIpc) is 3.11. The predicted molar refractivity (Wildman–Crippen MR) is 133 cm³/mol. The van der Waals surface area contributed by atoms with E-state index in [0.29, 0.717) is 32.6 Å². The molecule has 2 heterocycles. The number of para-hydroxylation sites is 1. The molecule has 2 aliphatic rings. The monoisotopic (exact) mass is 502 g/mol. The Morgan fingerprint density at radius 3 is 2.18 bits per heavy atom. The van der Waals surface area contributed by atoms with Crippen molar-refractivity contribution in [1.29, 1.82) is 0 Å². The highest BCUT2D eigenvalue weighted by atomic mass is 35.5. The summed E-state index contributed by atoms with van der Waals surface area (Å²) in [4.78, 5) is 43.0. The Balaban J connectivity index is 1.50. The zero-order chi connectivity index (χ0) is 24.3. The van der Waals surface area contributed by atoms with E-state index in [4.69, 9.17) is 23.2 Å². The van der Waals surface area contributed by atoms with Crippen molar-refractivity contribution >= 4 is 46.6 Å². The quantitative estimate of drug-likeness (QED) is 0.614. The van der Waals surface area contributed by atoms with Gasteiger partial charge in [-0.15, -0.1) is 0 Å². The van der Waals surface area contributed by atoms with Gasteiger partial charge < -0.3 is 20.0 Å². The highest BCUT2D eigenvalue weighted by molar-refractivity contribution is 6.53. The molecule has 0 aromatic heterocycles. The maximum absolute atomic E-state index is 13.7. The van der Waals surface area contributed by atoms with Gasteiger partial charge >= 0.3 is 0 Å². The number of benzene rings is 2. The zero-order valence-corrected chi connectivity index (χ0v) is 20.5. The minimum atomic E-state index is -1.12. The Bertz CT molecular complexity index is 1030. The molecule has 1 atom stereocenters. The molecular formula is C25H28Cl2N4O3. The number of alkyl halides is 2. The third-order valence-corrected chi connectivity index (χ3v) is 7.06. The molecule has 9 heteroatoms. The van der Waals surface area contributed by atoms with Gasteiger partial charge in [-0.1, -0.05) is 71.7 Å². The molecule has 2 aliphatic heterocycles. The zero-order valence-electron chi connectivity index (χ0n) is 19.0. The molecular weight excluding hydrogens is 475 g/mol. The van der Waals surface area contributed by atoms with Gasteiger partial charge in [0.15, 0.2) is 4.84 Å². The lowest BCUT2D eigenvalue weighted by atomic mass is 9.85. The molecule has 2 fully saturated rings. The second-order valence-electron chi connectivity index (χ2n) is 8.77. The normalized spacial score (nSPS) is 18.5. The van der Waals surface area contributed by atoms with Crippen molar-refractivity contribution in [3.63, 3.8) is 0 Å². The van der Waals surface area contributed by atoms with Crippen molar-refractivity contribution in [3.05, 3.63) is 66.2 Å². The highest BCUT2D eigenvalue weighted by Crippen LogP contribution is 2.39. The summed E-state index contributed by atoms with van der Waals surface area (Å²) in [6, 6.07) is 19.2. The second kappa shape index (κ2) is 10.2. The van der Waals surface area contributed by atoms with E-state index in [1.807, 2.05) is 67.6 Å². The fourth-order valence-corrected chi connectivity index (χ4v) is 5.12. The summed E-state index contributed by atoms with van der Waals surface area (Å²) in [7, 11) is 0. The molecule has 34 heavy (non-hydrogen) atoms. The number of rotatable bonds is 6. The van der Waals surface area contributed by atoms with E-state index in [-0.39, 0.29) is 30.3 Å². The Hall–Kier alpha value is -2.77. The van der Waals surface area contributed by atoms with Gasteiger partial charge in [0.05, 0.1) is 12.7 Å². The van der Waals surface area contributed by atoms with Crippen molar-refractivity contribution in [2.75, 3.05) is 31.2 Å². The third kappa shape index (κ3) is 4.86. The van der Waals surface area contributed by atoms with E-state index in [2.05, 4.69) is 10.2 Å². The number of nitrogens with one attached hydrogen (secondary N) is 1. The van der Waals surface area contributed by atoms with Crippen LogP contribution >= 0.6 is 23.2 Å². The van der Waals surface area contributed by atoms with Crippen LogP contribution in [0.4, 0.5) is 5.69 Å². The SMILES string of the molecule is CC(NC(=O)CN1CN(c2ccccc2)C2(CCN(C(=O)C(Cl)Cl)CC2)C1=O)c1ccccc1. The number of anilines is 1. The first-order valence-corrected chi connectivity index (χ1v) is 12.2. The van der Waals surface area contributed by atoms with Crippen LogP contribution in [0.25, 0.3) is 0 Å². The number of amides is 3. The van der Waals surface area contributed by atoms with Crippen molar-refractivity contribution in [2.45, 2.75) is 36.2 Å². The summed E-state index contributed by atoms with van der Waals surface area (Å²) in [5.74, 6) is -0.658. The largest absolute Gasteiger partial charge is 0.348 e. The molecule has 2 saturated heterocycles. The van der Waals surface area contributed by atoms with Crippen LogP contribution < -0.4 is 10.2 Å². The summed E-state index contributed by atoms with van der Waals surface area (Å²) in [6.45, 7) is 2.93. The number of hydrogen-bond acceptors (Lipinski definition) is 4. The number of piperidine rings is 1. The number of carbonyl (C=O) groups excluding carboxylic acids is 3. The topological polar surface area (TPSA) is 73.0 Å². The van der Waals surface area contributed by atoms with Gasteiger partial charge in [-0.3, -0.25) is 14.4 Å². The van der Waals surface area contributed by atoms with Crippen LogP contribution in [0.3, 0.4) is 0 Å². The number of likely N-dealkylation sites (tertiary alicyclic amines) is 1. The molecule has 1 N–H and O–H groups in total. The van der Waals surface area contributed by atoms with Gasteiger partial charge in [-0.25, -0.2) is 0 Å². The number of hydrogen-bond donors (Lipinski definition) is 1. The lowest BCUT2D eigenvalue weighted by molar-refractivity contribution is -0.139. The van der Waals surface area contributed by atoms with Gasteiger partial charge in [-0.2, -0.15) is 0 Å². The Labute approximate surface area is 209 Å². The summed E-state index contributed by atoms with van der Waals surface area (Å²) in [5, 5.41) is 2.99. The molecule has 4 rings (SSSR count). The molecule has 0 aliphatic carbocycles. The fraction of sp³-hybridized carbons (Fsp3) is 0.400. The van der Waals surface area contributed by atoms with E-state index < -0.39 is 10.4 Å². The van der Waals surface area contributed by atoms with Crippen LogP contribution in [0, 0.1) is 0 Å². The second-order valence-corrected chi connectivity index (χ2v) is 9.86. The van der Waals surface area contributed by atoms with Gasteiger partial charge in [0, 0.05) is 18.8 Å². The first-order valence-electron chi connectivity index (χ1n) is 11.3. The maximum atomic E-state index is 13.7. The average molecular weight is 503 g/mol. The van der Waals surface area contributed by atoms with Crippen LogP contribution in [0.15, 0.2) is 60.7 Å².